The van der Waals surface area contributed by atoms with Crippen molar-refractivity contribution in [1.29, 1.82) is 0 Å². The zero-order valence-corrected chi connectivity index (χ0v) is 9.00. The molecule has 1 aromatic carbocycles. The number of hydrogen-bond donors (Lipinski definition) is 1. The largest absolute Gasteiger partial charge is 0.381 e. The van der Waals surface area contributed by atoms with E-state index in [0.717, 1.165) is 31.4 Å². The molecule has 1 N–H and O–H groups in total. The van der Waals surface area contributed by atoms with Crippen LogP contribution in [0.5, 0.6) is 0 Å². The predicted molar refractivity (Wildman–Crippen MR) is 61.1 cm³/mol. The number of hydrogen-bond acceptors (Lipinski definition) is 1. The molecule has 3 rings (SSSR count). The Kier molecular flexibility index (Phi) is 2.40. The normalized spacial score (nSPS) is 21.4. The number of aromatic nitrogens is 1. The first-order chi connectivity index (χ1) is 7.86. The molecule has 2 aromatic rings. The molecule has 1 aromatic heterocycles. The Morgan fingerprint density at radius 2 is 2.31 bits per heavy atom. The van der Waals surface area contributed by atoms with Crippen molar-refractivity contribution in [2.45, 2.75) is 18.8 Å². The Hall–Kier alpha value is -1.35. The van der Waals surface area contributed by atoms with Crippen LogP contribution >= 0.6 is 0 Å². The first-order valence-corrected chi connectivity index (χ1v) is 5.69. The van der Waals surface area contributed by atoms with Gasteiger partial charge in [-0.2, -0.15) is 0 Å². The van der Waals surface area contributed by atoms with Gasteiger partial charge in [-0.3, -0.25) is 0 Å². The minimum Gasteiger partial charge on any atom is -0.381 e. The lowest BCUT2D eigenvalue weighted by Gasteiger charge is -2.21. The minimum absolute atomic E-state index is 0.180. The van der Waals surface area contributed by atoms with Gasteiger partial charge in [0.2, 0.25) is 0 Å². The molecule has 1 aliphatic heterocycles. The topological polar surface area (TPSA) is 25.0 Å². The molecule has 0 aliphatic carbocycles. The molecule has 1 fully saturated rings. The lowest BCUT2D eigenvalue weighted by atomic mass is 9.93. The Morgan fingerprint density at radius 3 is 3.12 bits per heavy atom. The highest BCUT2D eigenvalue weighted by Crippen LogP contribution is 2.31. The summed E-state index contributed by atoms with van der Waals surface area (Å²) in [5, 5.41) is 0.996. The van der Waals surface area contributed by atoms with Crippen molar-refractivity contribution >= 4 is 10.9 Å². The van der Waals surface area contributed by atoms with Gasteiger partial charge in [0.15, 0.2) is 0 Å². The molecule has 0 spiro atoms. The average molecular weight is 219 g/mol. The monoisotopic (exact) mass is 219 g/mol. The van der Waals surface area contributed by atoms with E-state index in [9.17, 15) is 4.39 Å². The fourth-order valence-corrected chi connectivity index (χ4v) is 2.46. The van der Waals surface area contributed by atoms with Crippen LogP contribution in [0.2, 0.25) is 0 Å². The molecular formula is C13H14FNO. The maximum Gasteiger partial charge on any atom is 0.147 e. The maximum absolute atomic E-state index is 13.5. The summed E-state index contributed by atoms with van der Waals surface area (Å²) in [5.41, 5.74) is 1.80. The van der Waals surface area contributed by atoms with Crippen LogP contribution in [-0.2, 0) is 4.74 Å². The number of fused-ring (bicyclic) bond motifs is 1. The second kappa shape index (κ2) is 3.91. The van der Waals surface area contributed by atoms with E-state index in [0.29, 0.717) is 11.4 Å². The quantitative estimate of drug-likeness (QED) is 0.782. The van der Waals surface area contributed by atoms with Gasteiger partial charge in [0.05, 0.1) is 12.1 Å². The molecule has 1 saturated heterocycles. The van der Waals surface area contributed by atoms with E-state index in [4.69, 9.17) is 4.74 Å². The third-order valence-electron chi connectivity index (χ3n) is 3.30. The molecular weight excluding hydrogens is 205 g/mol. The molecule has 1 atom stereocenters. The third kappa shape index (κ3) is 1.52. The van der Waals surface area contributed by atoms with Crippen LogP contribution in [0.15, 0.2) is 24.4 Å². The van der Waals surface area contributed by atoms with Gasteiger partial charge in [-0.05, 0) is 24.5 Å². The van der Waals surface area contributed by atoms with Crippen LogP contribution in [0.4, 0.5) is 4.39 Å². The smallest absolute Gasteiger partial charge is 0.147 e. The van der Waals surface area contributed by atoms with E-state index >= 15 is 0 Å². The summed E-state index contributed by atoms with van der Waals surface area (Å²) in [4.78, 5) is 3.02. The van der Waals surface area contributed by atoms with Crippen LogP contribution < -0.4 is 0 Å². The van der Waals surface area contributed by atoms with Crippen molar-refractivity contribution in [2.24, 2.45) is 0 Å². The summed E-state index contributed by atoms with van der Waals surface area (Å²) in [6.07, 6.45) is 4.14. The summed E-state index contributed by atoms with van der Waals surface area (Å²) in [6.45, 7) is 1.61. The van der Waals surface area contributed by atoms with Crippen molar-refractivity contribution in [3.63, 3.8) is 0 Å². The number of aromatic amines is 1. The van der Waals surface area contributed by atoms with Gasteiger partial charge >= 0.3 is 0 Å². The molecule has 0 unspecified atom stereocenters. The molecule has 0 radical (unpaired) electrons. The summed E-state index contributed by atoms with van der Waals surface area (Å²) in [7, 11) is 0. The molecule has 1 aliphatic rings. The lowest BCUT2D eigenvalue weighted by molar-refractivity contribution is 0.0808. The van der Waals surface area contributed by atoms with Gasteiger partial charge in [0, 0.05) is 24.1 Å². The van der Waals surface area contributed by atoms with Gasteiger partial charge < -0.3 is 9.72 Å². The highest BCUT2D eigenvalue weighted by Gasteiger charge is 2.19. The molecule has 2 heterocycles. The first-order valence-electron chi connectivity index (χ1n) is 5.69. The number of H-pyrrole nitrogens is 1. The van der Waals surface area contributed by atoms with Gasteiger partial charge in [-0.15, -0.1) is 0 Å². The molecule has 2 nitrogen and oxygen atoms in total. The number of ether oxygens (including phenoxy) is 1. The number of halogens is 1. The number of para-hydroxylation sites is 1. The fraction of sp³-hybridized carbons (Fsp3) is 0.385. The summed E-state index contributed by atoms with van der Waals surface area (Å²) >= 11 is 0. The first kappa shape index (κ1) is 9.85. The van der Waals surface area contributed by atoms with Crippen molar-refractivity contribution in [2.75, 3.05) is 13.2 Å². The van der Waals surface area contributed by atoms with Crippen molar-refractivity contribution in [3.05, 3.63) is 35.8 Å². The standard InChI is InChI=1S/C13H14FNO/c14-12-5-1-4-10-11(7-15-13(10)12)9-3-2-6-16-8-9/h1,4-5,7,9,15H,2-3,6,8H2/t9-/m1/s1. The van der Waals surface area contributed by atoms with Crippen molar-refractivity contribution in [3.8, 4) is 0 Å². The molecule has 84 valence electrons. The zero-order valence-electron chi connectivity index (χ0n) is 9.00. The van der Waals surface area contributed by atoms with Crippen LogP contribution in [0.3, 0.4) is 0 Å². The van der Waals surface area contributed by atoms with Crippen molar-refractivity contribution in [1.82, 2.24) is 4.98 Å². The van der Waals surface area contributed by atoms with Crippen LogP contribution in [-0.4, -0.2) is 18.2 Å². The maximum atomic E-state index is 13.5. The molecule has 0 amide bonds. The molecule has 0 saturated carbocycles. The second-order valence-electron chi connectivity index (χ2n) is 4.32. The van der Waals surface area contributed by atoms with Gasteiger partial charge in [0.1, 0.15) is 5.82 Å². The van der Waals surface area contributed by atoms with E-state index in [1.807, 2.05) is 12.3 Å². The number of benzene rings is 1. The summed E-state index contributed by atoms with van der Waals surface area (Å²) in [5.74, 6) is 0.227. The Balaban J connectivity index is 2.06. The summed E-state index contributed by atoms with van der Waals surface area (Å²) < 4.78 is 19.0. The molecule has 16 heavy (non-hydrogen) atoms. The van der Waals surface area contributed by atoms with E-state index in [1.54, 1.807) is 6.07 Å². The number of rotatable bonds is 1. The molecule has 3 heteroatoms. The fourth-order valence-electron chi connectivity index (χ4n) is 2.46. The third-order valence-corrected chi connectivity index (χ3v) is 3.30. The predicted octanol–water partition coefficient (Wildman–Crippen LogP) is 3.20. The average Bonchev–Trinajstić information content (AvgIpc) is 2.75. The van der Waals surface area contributed by atoms with Crippen LogP contribution in [0.1, 0.15) is 24.3 Å². The van der Waals surface area contributed by atoms with Crippen LogP contribution in [0, 0.1) is 5.82 Å². The van der Waals surface area contributed by atoms with Gasteiger partial charge in [-0.1, -0.05) is 12.1 Å². The zero-order chi connectivity index (χ0) is 11.0. The van der Waals surface area contributed by atoms with E-state index < -0.39 is 0 Å². The highest BCUT2D eigenvalue weighted by molar-refractivity contribution is 5.84. The second-order valence-corrected chi connectivity index (χ2v) is 4.32. The van der Waals surface area contributed by atoms with E-state index in [2.05, 4.69) is 4.98 Å². The SMILES string of the molecule is Fc1cccc2c([C@@H]3CCCOC3)c[nH]c12. The van der Waals surface area contributed by atoms with E-state index in [1.165, 1.54) is 11.6 Å². The lowest BCUT2D eigenvalue weighted by Crippen LogP contribution is -2.15. The minimum atomic E-state index is -0.180. The summed E-state index contributed by atoms with van der Waals surface area (Å²) in [6, 6.07) is 5.22. The Labute approximate surface area is 93.4 Å². The van der Waals surface area contributed by atoms with E-state index in [-0.39, 0.29) is 5.82 Å². The number of nitrogens with one attached hydrogen (secondary N) is 1. The Morgan fingerprint density at radius 1 is 1.38 bits per heavy atom. The van der Waals surface area contributed by atoms with Gasteiger partial charge in [0.25, 0.3) is 0 Å². The molecule has 0 bridgehead atoms. The van der Waals surface area contributed by atoms with Crippen molar-refractivity contribution < 1.29 is 9.13 Å². The highest BCUT2D eigenvalue weighted by atomic mass is 19.1. The van der Waals surface area contributed by atoms with Crippen LogP contribution in [0.25, 0.3) is 10.9 Å². The Bertz CT molecular complexity index is 500. The van der Waals surface area contributed by atoms with Gasteiger partial charge in [-0.25, -0.2) is 4.39 Å².